The Kier molecular flexibility index (Phi) is 5.00. The van der Waals surface area contributed by atoms with E-state index in [-0.39, 0.29) is 0 Å². The number of amides is 1. The van der Waals surface area contributed by atoms with Gasteiger partial charge in [-0.2, -0.15) is 0 Å². The second-order valence-electron chi connectivity index (χ2n) is 6.66. The fourth-order valence-corrected chi connectivity index (χ4v) is 4.84. The van der Waals surface area contributed by atoms with E-state index in [4.69, 9.17) is 28.9 Å². The Labute approximate surface area is 177 Å². The van der Waals surface area contributed by atoms with E-state index in [1.165, 1.54) is 17.3 Å². The molecule has 1 atom stereocenters. The van der Waals surface area contributed by atoms with E-state index in [1.807, 2.05) is 29.4 Å². The molecule has 0 unspecified atom stereocenters. The fraction of sp³-hybridized carbons (Fsp3) is 0.143. The molecule has 4 rings (SSSR count). The zero-order chi connectivity index (χ0) is 20.0. The lowest BCUT2D eigenvalue weighted by molar-refractivity contribution is -0.115. The first-order valence-electron chi connectivity index (χ1n) is 8.64. The standard InChI is InChI=1S/C21H17Cl2N3OS/c1-11-6-8-13(9-7-11)16-10-28-21-25-12(2)17(20(24)27)19(26(16)21)14-4-3-5-15(22)18(14)23/h3-10,19H,1-2H3,(H2,24,27)/t19-/m1/s1. The summed E-state index contributed by atoms with van der Waals surface area (Å²) in [4.78, 5) is 19.0. The van der Waals surface area contributed by atoms with E-state index < -0.39 is 11.9 Å². The predicted molar refractivity (Wildman–Crippen MR) is 117 cm³/mol. The number of carbonyl (C=O) groups excluding carboxylic acids is 1. The minimum atomic E-state index is -0.526. The van der Waals surface area contributed by atoms with Gasteiger partial charge in [0.05, 0.1) is 33.1 Å². The second kappa shape index (κ2) is 7.32. The van der Waals surface area contributed by atoms with Crippen molar-refractivity contribution in [3.05, 3.63) is 85.9 Å². The molecule has 0 aromatic heterocycles. The number of fused-ring (bicyclic) bond motifs is 1. The maximum atomic E-state index is 12.4. The summed E-state index contributed by atoms with van der Waals surface area (Å²) in [5.74, 6) is -0.526. The molecule has 0 bridgehead atoms. The van der Waals surface area contributed by atoms with Gasteiger partial charge in [0.25, 0.3) is 0 Å². The minimum absolute atomic E-state index is 0.405. The summed E-state index contributed by atoms with van der Waals surface area (Å²) < 4.78 is 0. The number of nitrogens with two attached hydrogens (primary N) is 1. The molecule has 28 heavy (non-hydrogen) atoms. The quantitative estimate of drug-likeness (QED) is 0.698. The third-order valence-corrected chi connectivity index (χ3v) is 6.49. The van der Waals surface area contributed by atoms with Crippen LogP contribution in [0.3, 0.4) is 0 Å². The Hall–Kier alpha value is -2.21. The van der Waals surface area contributed by atoms with Crippen molar-refractivity contribution in [2.75, 3.05) is 0 Å². The Morgan fingerprint density at radius 2 is 1.86 bits per heavy atom. The van der Waals surface area contributed by atoms with Crippen LogP contribution in [0.1, 0.15) is 29.7 Å². The van der Waals surface area contributed by atoms with Crippen molar-refractivity contribution in [2.45, 2.75) is 19.9 Å². The molecule has 2 aliphatic heterocycles. The number of aliphatic imine (C=N–C) groups is 1. The van der Waals surface area contributed by atoms with Gasteiger partial charge in [0.15, 0.2) is 5.17 Å². The number of hydrogen-bond donors (Lipinski definition) is 1. The van der Waals surface area contributed by atoms with Gasteiger partial charge in [-0.15, -0.1) is 0 Å². The molecule has 0 radical (unpaired) electrons. The van der Waals surface area contributed by atoms with E-state index in [1.54, 1.807) is 13.0 Å². The molecule has 0 spiro atoms. The van der Waals surface area contributed by atoms with E-state index in [9.17, 15) is 4.79 Å². The Balaban J connectivity index is 1.91. The number of aryl methyl sites for hydroxylation is 1. The molecule has 142 valence electrons. The Bertz CT molecular complexity index is 1070. The van der Waals surface area contributed by atoms with Gasteiger partial charge >= 0.3 is 0 Å². The van der Waals surface area contributed by atoms with E-state index in [2.05, 4.69) is 29.3 Å². The molecule has 4 nitrogen and oxygen atoms in total. The van der Waals surface area contributed by atoms with Crippen molar-refractivity contribution in [1.82, 2.24) is 4.90 Å². The highest BCUT2D eigenvalue weighted by Gasteiger charge is 2.40. The van der Waals surface area contributed by atoms with Gasteiger partial charge in [0.1, 0.15) is 0 Å². The van der Waals surface area contributed by atoms with Crippen molar-refractivity contribution in [3.8, 4) is 0 Å². The molecule has 2 N–H and O–H groups in total. The van der Waals surface area contributed by atoms with Crippen LogP contribution in [0.15, 0.2) is 64.1 Å². The topological polar surface area (TPSA) is 58.7 Å². The van der Waals surface area contributed by atoms with E-state index in [0.717, 1.165) is 22.0 Å². The second-order valence-corrected chi connectivity index (χ2v) is 8.28. The zero-order valence-electron chi connectivity index (χ0n) is 15.2. The first-order valence-corrected chi connectivity index (χ1v) is 10.3. The molecule has 2 aromatic carbocycles. The smallest absolute Gasteiger partial charge is 0.248 e. The Morgan fingerprint density at radius 1 is 1.14 bits per heavy atom. The highest BCUT2D eigenvalue weighted by molar-refractivity contribution is 8.16. The summed E-state index contributed by atoms with van der Waals surface area (Å²) in [7, 11) is 0. The summed E-state index contributed by atoms with van der Waals surface area (Å²) in [6.07, 6.45) is 0. The molecule has 0 aliphatic carbocycles. The molecule has 0 saturated heterocycles. The lowest BCUT2D eigenvalue weighted by Crippen LogP contribution is -2.37. The van der Waals surface area contributed by atoms with Gasteiger partial charge in [-0.1, -0.05) is 76.9 Å². The lowest BCUT2D eigenvalue weighted by Gasteiger charge is -2.36. The van der Waals surface area contributed by atoms with Crippen molar-refractivity contribution in [1.29, 1.82) is 0 Å². The van der Waals surface area contributed by atoms with Gasteiger partial charge in [-0.05, 0) is 31.0 Å². The SMILES string of the molecule is CC1=C(C(N)=O)[C@@H](c2cccc(Cl)c2Cl)N2C(c3ccc(C)cc3)=CSC2=N1. The summed E-state index contributed by atoms with van der Waals surface area (Å²) in [5, 5.41) is 3.64. The molecule has 2 heterocycles. The fourth-order valence-electron chi connectivity index (χ4n) is 3.46. The van der Waals surface area contributed by atoms with Crippen LogP contribution in [0.5, 0.6) is 0 Å². The minimum Gasteiger partial charge on any atom is -0.366 e. The van der Waals surface area contributed by atoms with Crippen LogP contribution < -0.4 is 5.73 Å². The number of carbonyl (C=O) groups is 1. The maximum absolute atomic E-state index is 12.4. The van der Waals surface area contributed by atoms with Crippen molar-refractivity contribution in [3.63, 3.8) is 0 Å². The summed E-state index contributed by atoms with van der Waals surface area (Å²) in [6, 6.07) is 13.1. The van der Waals surface area contributed by atoms with Gasteiger partial charge < -0.3 is 10.6 Å². The molecule has 2 aliphatic rings. The van der Waals surface area contributed by atoms with Crippen LogP contribution in [0.25, 0.3) is 5.70 Å². The van der Waals surface area contributed by atoms with Crippen molar-refractivity contribution >= 4 is 51.7 Å². The predicted octanol–water partition coefficient (Wildman–Crippen LogP) is 5.52. The number of benzene rings is 2. The van der Waals surface area contributed by atoms with Crippen LogP contribution in [-0.2, 0) is 4.79 Å². The molecule has 2 aromatic rings. The summed E-state index contributed by atoms with van der Waals surface area (Å²) >= 11 is 14.3. The number of nitrogens with zero attached hydrogens (tertiary/aromatic N) is 2. The van der Waals surface area contributed by atoms with Crippen LogP contribution in [-0.4, -0.2) is 16.0 Å². The largest absolute Gasteiger partial charge is 0.366 e. The molecule has 1 amide bonds. The van der Waals surface area contributed by atoms with E-state index >= 15 is 0 Å². The van der Waals surface area contributed by atoms with Crippen LogP contribution >= 0.6 is 35.0 Å². The number of thioether (sulfide) groups is 1. The first kappa shape index (κ1) is 19.1. The van der Waals surface area contributed by atoms with Gasteiger partial charge in [-0.3, -0.25) is 4.79 Å². The van der Waals surface area contributed by atoms with Gasteiger partial charge in [-0.25, -0.2) is 4.99 Å². The average Bonchev–Trinajstić information content (AvgIpc) is 3.07. The number of halogens is 2. The maximum Gasteiger partial charge on any atom is 0.248 e. The lowest BCUT2D eigenvalue weighted by atomic mass is 9.93. The third kappa shape index (κ3) is 3.13. The molecular weight excluding hydrogens is 413 g/mol. The number of rotatable bonds is 3. The van der Waals surface area contributed by atoms with Gasteiger partial charge in [0, 0.05) is 5.41 Å². The molecule has 0 saturated carbocycles. The average molecular weight is 430 g/mol. The van der Waals surface area contributed by atoms with Gasteiger partial charge in [0.2, 0.25) is 5.91 Å². The van der Waals surface area contributed by atoms with Crippen molar-refractivity contribution in [2.24, 2.45) is 10.7 Å². The summed E-state index contributed by atoms with van der Waals surface area (Å²) in [5.41, 5.74) is 10.6. The molecular formula is C21H17Cl2N3OS. The number of allylic oxidation sites excluding steroid dienone is 1. The first-order chi connectivity index (χ1) is 13.4. The van der Waals surface area contributed by atoms with Crippen LogP contribution in [0.4, 0.5) is 0 Å². The van der Waals surface area contributed by atoms with Crippen LogP contribution in [0, 0.1) is 6.92 Å². The Morgan fingerprint density at radius 3 is 2.54 bits per heavy atom. The highest BCUT2D eigenvalue weighted by Crippen LogP contribution is 2.48. The summed E-state index contributed by atoms with van der Waals surface area (Å²) in [6.45, 7) is 3.83. The van der Waals surface area contributed by atoms with Crippen molar-refractivity contribution < 1.29 is 4.79 Å². The molecule has 0 fully saturated rings. The molecule has 7 heteroatoms. The normalized spacial score (nSPS) is 18.7. The monoisotopic (exact) mass is 429 g/mol. The number of primary amides is 1. The highest BCUT2D eigenvalue weighted by atomic mass is 35.5. The zero-order valence-corrected chi connectivity index (χ0v) is 17.6. The number of amidine groups is 1. The van der Waals surface area contributed by atoms with Crippen LogP contribution in [0.2, 0.25) is 10.0 Å². The van der Waals surface area contributed by atoms with E-state index in [0.29, 0.717) is 21.3 Å². The third-order valence-electron chi connectivity index (χ3n) is 4.82. The number of hydrogen-bond acceptors (Lipinski definition) is 4.